The summed E-state index contributed by atoms with van der Waals surface area (Å²) < 4.78 is 0. The first kappa shape index (κ1) is 15.9. The maximum absolute atomic E-state index is 12.8. The predicted molar refractivity (Wildman–Crippen MR) is 92.0 cm³/mol. The van der Waals surface area contributed by atoms with E-state index < -0.39 is 6.10 Å². The van der Waals surface area contributed by atoms with Gasteiger partial charge in [0.25, 0.3) is 5.91 Å². The number of thiophene rings is 1. The molecule has 0 spiro atoms. The summed E-state index contributed by atoms with van der Waals surface area (Å²) in [6.45, 7) is 7.31. The molecule has 0 bridgehead atoms. The smallest absolute Gasteiger partial charge is 0.264 e. The lowest BCUT2D eigenvalue weighted by Gasteiger charge is -2.29. The van der Waals surface area contributed by atoms with Crippen LogP contribution >= 0.6 is 11.3 Å². The van der Waals surface area contributed by atoms with Gasteiger partial charge in [0.2, 0.25) is 0 Å². The number of aromatic nitrogens is 2. The standard InChI is InChI=1S/C16H20N4O2S/c1-3-6-17-14-12-10(2)13(23-15(12)19-9-18-14)16(22)20-7-4-5-11(21)8-20/h3,9,11,21H,1,4-8H2,2H3,(H,17,18,19). The Balaban J connectivity index is 1.96. The van der Waals surface area contributed by atoms with Crippen molar-refractivity contribution in [2.24, 2.45) is 0 Å². The summed E-state index contributed by atoms with van der Waals surface area (Å²) in [6.07, 6.45) is 4.44. The summed E-state index contributed by atoms with van der Waals surface area (Å²) in [5, 5.41) is 13.9. The van der Waals surface area contributed by atoms with Crippen LogP contribution in [0.5, 0.6) is 0 Å². The van der Waals surface area contributed by atoms with E-state index in [1.54, 1.807) is 11.0 Å². The van der Waals surface area contributed by atoms with Gasteiger partial charge in [0, 0.05) is 19.6 Å². The molecule has 0 saturated carbocycles. The molecule has 3 heterocycles. The minimum Gasteiger partial charge on any atom is -0.391 e. The molecule has 2 N–H and O–H groups in total. The van der Waals surface area contributed by atoms with Crippen molar-refractivity contribution in [2.45, 2.75) is 25.9 Å². The topological polar surface area (TPSA) is 78.4 Å². The fourth-order valence-electron chi connectivity index (χ4n) is 2.86. The van der Waals surface area contributed by atoms with Gasteiger partial charge in [-0.25, -0.2) is 9.97 Å². The Labute approximate surface area is 138 Å². The number of anilines is 1. The maximum Gasteiger partial charge on any atom is 0.264 e. The number of carbonyl (C=O) groups is 1. The zero-order chi connectivity index (χ0) is 16.4. The molecule has 1 amide bonds. The number of nitrogens with one attached hydrogen (secondary N) is 1. The third kappa shape index (κ3) is 3.07. The number of β-amino-alcohol motifs (C(OH)–C–C–N with tert-alkyl or cyclic N) is 1. The highest BCUT2D eigenvalue weighted by Crippen LogP contribution is 2.34. The van der Waals surface area contributed by atoms with E-state index in [9.17, 15) is 9.90 Å². The van der Waals surface area contributed by atoms with Crippen molar-refractivity contribution in [3.63, 3.8) is 0 Å². The summed E-state index contributed by atoms with van der Waals surface area (Å²) in [5.41, 5.74) is 0.891. The lowest BCUT2D eigenvalue weighted by molar-refractivity contribution is 0.0477. The number of rotatable bonds is 4. The van der Waals surface area contributed by atoms with Crippen LogP contribution in [0.2, 0.25) is 0 Å². The molecular formula is C16H20N4O2S. The number of fused-ring (bicyclic) bond motifs is 1. The number of nitrogens with zero attached hydrogens (tertiary/aromatic N) is 3. The average molecular weight is 332 g/mol. The van der Waals surface area contributed by atoms with E-state index in [4.69, 9.17) is 0 Å². The fourth-order valence-corrected chi connectivity index (χ4v) is 3.98. The average Bonchev–Trinajstić information content (AvgIpc) is 2.90. The second-order valence-electron chi connectivity index (χ2n) is 5.68. The zero-order valence-electron chi connectivity index (χ0n) is 13.1. The molecule has 0 radical (unpaired) electrons. The molecule has 1 fully saturated rings. The quantitative estimate of drug-likeness (QED) is 0.839. The van der Waals surface area contributed by atoms with Crippen LogP contribution in [0.25, 0.3) is 10.2 Å². The molecule has 1 atom stereocenters. The van der Waals surface area contributed by atoms with Crippen LogP contribution in [0.1, 0.15) is 28.1 Å². The zero-order valence-corrected chi connectivity index (χ0v) is 13.9. The molecule has 23 heavy (non-hydrogen) atoms. The largest absolute Gasteiger partial charge is 0.391 e. The Morgan fingerprint density at radius 3 is 3.17 bits per heavy atom. The summed E-state index contributed by atoms with van der Waals surface area (Å²) in [5.74, 6) is 0.695. The van der Waals surface area contributed by atoms with E-state index in [2.05, 4.69) is 21.9 Å². The first-order chi connectivity index (χ1) is 11.1. The number of likely N-dealkylation sites (tertiary alicyclic amines) is 1. The highest BCUT2D eigenvalue weighted by atomic mass is 32.1. The van der Waals surface area contributed by atoms with Gasteiger partial charge in [-0.05, 0) is 25.3 Å². The highest BCUT2D eigenvalue weighted by molar-refractivity contribution is 7.20. The molecule has 2 aromatic rings. The summed E-state index contributed by atoms with van der Waals surface area (Å²) in [7, 11) is 0. The third-order valence-corrected chi connectivity index (χ3v) is 5.21. The molecule has 1 aliphatic rings. The van der Waals surface area contributed by atoms with Gasteiger partial charge in [0.1, 0.15) is 17.0 Å². The van der Waals surface area contributed by atoms with Crippen molar-refractivity contribution in [3.8, 4) is 0 Å². The van der Waals surface area contributed by atoms with Crippen molar-refractivity contribution < 1.29 is 9.90 Å². The predicted octanol–water partition coefficient (Wildman–Crippen LogP) is 2.19. The van der Waals surface area contributed by atoms with E-state index in [-0.39, 0.29) is 5.91 Å². The number of carbonyl (C=O) groups excluding carboxylic acids is 1. The molecule has 0 aliphatic carbocycles. The number of amides is 1. The molecule has 3 rings (SSSR count). The normalized spacial score (nSPS) is 18.2. The SMILES string of the molecule is C=CCNc1ncnc2sc(C(=O)N3CCCC(O)C3)c(C)c12. The van der Waals surface area contributed by atoms with Gasteiger partial charge < -0.3 is 15.3 Å². The molecule has 6 nitrogen and oxygen atoms in total. The number of aryl methyl sites for hydroxylation is 1. The van der Waals surface area contributed by atoms with Crippen LogP contribution < -0.4 is 5.32 Å². The second kappa shape index (κ2) is 6.64. The van der Waals surface area contributed by atoms with Crippen LogP contribution in [0.15, 0.2) is 19.0 Å². The Morgan fingerprint density at radius 2 is 2.43 bits per heavy atom. The van der Waals surface area contributed by atoms with Gasteiger partial charge in [-0.3, -0.25) is 4.79 Å². The maximum atomic E-state index is 12.8. The summed E-state index contributed by atoms with van der Waals surface area (Å²) >= 11 is 1.38. The van der Waals surface area contributed by atoms with Gasteiger partial charge in [0.15, 0.2) is 0 Å². The minimum atomic E-state index is -0.424. The van der Waals surface area contributed by atoms with E-state index in [0.717, 1.165) is 34.4 Å². The van der Waals surface area contributed by atoms with Crippen molar-refractivity contribution in [1.29, 1.82) is 0 Å². The number of hydrogen-bond donors (Lipinski definition) is 2. The van der Waals surface area contributed by atoms with Crippen molar-refractivity contribution in [3.05, 3.63) is 29.4 Å². The van der Waals surface area contributed by atoms with E-state index in [1.165, 1.54) is 17.7 Å². The third-order valence-electron chi connectivity index (χ3n) is 4.02. The molecule has 1 aliphatic heterocycles. The van der Waals surface area contributed by atoms with Crippen LogP contribution in [0.4, 0.5) is 5.82 Å². The van der Waals surface area contributed by atoms with E-state index >= 15 is 0 Å². The lowest BCUT2D eigenvalue weighted by Crippen LogP contribution is -2.42. The molecule has 2 aromatic heterocycles. The number of hydrogen-bond acceptors (Lipinski definition) is 6. The fraction of sp³-hybridized carbons (Fsp3) is 0.438. The Kier molecular flexibility index (Phi) is 4.58. The summed E-state index contributed by atoms with van der Waals surface area (Å²) in [6, 6.07) is 0. The number of aliphatic hydroxyl groups excluding tert-OH is 1. The van der Waals surface area contributed by atoms with E-state index in [1.807, 2.05) is 6.92 Å². The van der Waals surface area contributed by atoms with Crippen molar-refractivity contribution >= 4 is 33.3 Å². The van der Waals surface area contributed by atoms with Gasteiger partial charge >= 0.3 is 0 Å². The van der Waals surface area contributed by atoms with Gasteiger partial charge in [0.05, 0.1) is 16.4 Å². The lowest BCUT2D eigenvalue weighted by atomic mass is 10.1. The Hall–Kier alpha value is -1.99. The van der Waals surface area contributed by atoms with E-state index in [0.29, 0.717) is 24.5 Å². The molecule has 122 valence electrons. The van der Waals surface area contributed by atoms with Gasteiger partial charge in [-0.15, -0.1) is 17.9 Å². The molecule has 7 heteroatoms. The van der Waals surface area contributed by atoms with Crippen LogP contribution in [0.3, 0.4) is 0 Å². The van der Waals surface area contributed by atoms with Crippen LogP contribution in [0, 0.1) is 6.92 Å². The Morgan fingerprint density at radius 1 is 1.61 bits per heavy atom. The highest BCUT2D eigenvalue weighted by Gasteiger charge is 2.27. The molecular weight excluding hydrogens is 312 g/mol. The number of aliphatic hydroxyl groups is 1. The van der Waals surface area contributed by atoms with Crippen LogP contribution in [-0.2, 0) is 0 Å². The first-order valence-electron chi connectivity index (χ1n) is 7.68. The first-order valence-corrected chi connectivity index (χ1v) is 8.49. The summed E-state index contributed by atoms with van der Waals surface area (Å²) in [4.78, 5) is 24.6. The van der Waals surface area contributed by atoms with Gasteiger partial charge in [-0.1, -0.05) is 6.08 Å². The monoisotopic (exact) mass is 332 g/mol. The number of piperidine rings is 1. The van der Waals surface area contributed by atoms with Crippen LogP contribution in [-0.4, -0.2) is 51.6 Å². The molecule has 1 saturated heterocycles. The molecule has 0 aromatic carbocycles. The van der Waals surface area contributed by atoms with Crippen molar-refractivity contribution in [1.82, 2.24) is 14.9 Å². The van der Waals surface area contributed by atoms with Gasteiger partial charge in [-0.2, -0.15) is 0 Å². The second-order valence-corrected chi connectivity index (χ2v) is 6.67. The van der Waals surface area contributed by atoms with Crippen molar-refractivity contribution in [2.75, 3.05) is 25.0 Å². The Bertz CT molecular complexity index is 743. The minimum absolute atomic E-state index is 0.0288. The molecule has 1 unspecified atom stereocenters.